The molecule has 0 radical (unpaired) electrons. The van der Waals surface area contributed by atoms with E-state index in [2.05, 4.69) is 65.2 Å². The molecule has 6 heteroatoms. The average molecular weight is 592 g/mol. The van der Waals surface area contributed by atoms with Crippen molar-refractivity contribution in [2.24, 2.45) is 0 Å². The fourth-order valence-electron chi connectivity index (χ4n) is 6.15. The van der Waals surface area contributed by atoms with E-state index in [0.717, 1.165) is 55.1 Å². The van der Waals surface area contributed by atoms with Crippen LogP contribution in [0.5, 0.6) is 0 Å². The van der Waals surface area contributed by atoms with Gasteiger partial charge in [-0.25, -0.2) is 9.97 Å². The van der Waals surface area contributed by atoms with Crippen LogP contribution in [0.3, 0.4) is 0 Å². The van der Waals surface area contributed by atoms with Crippen LogP contribution >= 0.6 is 0 Å². The Hall–Kier alpha value is -6.40. The first-order valence-corrected chi connectivity index (χ1v) is 15.2. The summed E-state index contributed by atoms with van der Waals surface area (Å²) in [6.45, 7) is 0. The van der Waals surface area contributed by atoms with E-state index in [1.54, 1.807) is 0 Å². The lowest BCUT2D eigenvalue weighted by atomic mass is 10.0. The van der Waals surface area contributed by atoms with Gasteiger partial charge in [0.15, 0.2) is 17.2 Å². The van der Waals surface area contributed by atoms with Crippen LogP contribution < -0.4 is 0 Å². The van der Waals surface area contributed by atoms with Crippen molar-refractivity contribution in [3.63, 3.8) is 0 Å². The summed E-state index contributed by atoms with van der Waals surface area (Å²) in [6, 6.07) is 51.2. The Morgan fingerprint density at radius 1 is 0.435 bits per heavy atom. The van der Waals surface area contributed by atoms with Crippen LogP contribution in [-0.4, -0.2) is 24.5 Å². The van der Waals surface area contributed by atoms with Gasteiger partial charge in [0.05, 0.1) is 16.6 Å². The number of rotatable bonds is 5. The second-order valence-corrected chi connectivity index (χ2v) is 11.1. The van der Waals surface area contributed by atoms with E-state index in [-0.39, 0.29) is 0 Å². The molecule has 9 aromatic rings. The topological polar surface area (TPSA) is 69.6 Å². The summed E-state index contributed by atoms with van der Waals surface area (Å²) in [5.74, 6) is 2.16. The van der Waals surface area contributed by atoms with Crippen molar-refractivity contribution >= 4 is 32.9 Å². The van der Waals surface area contributed by atoms with Crippen LogP contribution in [0.1, 0.15) is 0 Å². The lowest BCUT2D eigenvalue weighted by Crippen LogP contribution is -2.06. The minimum Gasteiger partial charge on any atom is -0.435 e. The van der Waals surface area contributed by atoms with Gasteiger partial charge in [-0.15, -0.1) is 0 Å². The predicted molar refractivity (Wildman–Crippen MR) is 183 cm³/mol. The first kappa shape index (κ1) is 26.0. The Balaban J connectivity index is 1.31. The van der Waals surface area contributed by atoms with Gasteiger partial charge >= 0.3 is 0 Å². The Morgan fingerprint density at radius 2 is 1.02 bits per heavy atom. The Kier molecular flexibility index (Phi) is 6.03. The number of hydrogen-bond donors (Lipinski definition) is 0. The summed E-state index contributed by atoms with van der Waals surface area (Å²) in [7, 11) is 0. The summed E-state index contributed by atoms with van der Waals surface area (Å²) in [4.78, 5) is 20.2. The summed E-state index contributed by atoms with van der Waals surface area (Å²) in [5.41, 5.74) is 8.17. The molecule has 0 aliphatic carbocycles. The molecular weight excluding hydrogens is 566 g/mol. The van der Waals surface area contributed by atoms with E-state index < -0.39 is 0 Å². The first-order valence-electron chi connectivity index (χ1n) is 15.2. The molecule has 0 fully saturated rings. The van der Waals surface area contributed by atoms with Crippen molar-refractivity contribution in [2.75, 3.05) is 0 Å². The maximum atomic E-state index is 6.41. The molecule has 0 saturated carbocycles. The number of aromatic nitrogens is 5. The third-order valence-electron chi connectivity index (χ3n) is 8.31. The molecule has 6 nitrogen and oxygen atoms in total. The Bertz CT molecular complexity index is 2480. The predicted octanol–water partition coefficient (Wildman–Crippen LogP) is 9.78. The molecule has 9 rings (SSSR count). The number of benzene rings is 6. The molecule has 0 N–H and O–H groups in total. The van der Waals surface area contributed by atoms with Crippen molar-refractivity contribution in [1.82, 2.24) is 24.5 Å². The molecule has 216 valence electrons. The molecule has 3 aromatic heterocycles. The van der Waals surface area contributed by atoms with Gasteiger partial charge in [-0.1, -0.05) is 109 Å². The third-order valence-corrected chi connectivity index (χ3v) is 8.31. The molecule has 0 bridgehead atoms. The van der Waals surface area contributed by atoms with Gasteiger partial charge < -0.3 is 4.42 Å². The van der Waals surface area contributed by atoms with Crippen molar-refractivity contribution in [2.45, 2.75) is 0 Å². The van der Waals surface area contributed by atoms with Gasteiger partial charge in [0.1, 0.15) is 5.52 Å². The van der Waals surface area contributed by atoms with Gasteiger partial charge in [0.25, 0.3) is 0 Å². The highest BCUT2D eigenvalue weighted by Gasteiger charge is 2.20. The molecule has 0 unspecified atom stereocenters. The van der Waals surface area contributed by atoms with E-state index >= 15 is 0 Å². The Morgan fingerprint density at radius 3 is 1.76 bits per heavy atom. The van der Waals surface area contributed by atoms with Crippen LogP contribution in [0, 0.1) is 0 Å². The minimum absolute atomic E-state index is 0.508. The SMILES string of the molecule is c1ccc(-c2cccc(-c3nc(-c4cccc5nc(-c6ccccc6)oc45)nc(-n4c5ccccc5c5ccccc54)n3)c2)cc1. The first-order chi connectivity index (χ1) is 22.8. The van der Waals surface area contributed by atoms with E-state index in [1.165, 1.54) is 0 Å². The fourth-order valence-corrected chi connectivity index (χ4v) is 6.15. The zero-order chi connectivity index (χ0) is 30.5. The van der Waals surface area contributed by atoms with Crippen LogP contribution in [-0.2, 0) is 0 Å². The normalized spacial score (nSPS) is 11.5. The smallest absolute Gasteiger partial charge is 0.238 e. The monoisotopic (exact) mass is 591 g/mol. The molecule has 3 heterocycles. The van der Waals surface area contributed by atoms with Gasteiger partial charge in [0.2, 0.25) is 11.8 Å². The molecule has 0 spiro atoms. The van der Waals surface area contributed by atoms with Crippen molar-refractivity contribution in [1.29, 1.82) is 0 Å². The maximum absolute atomic E-state index is 6.41. The summed E-state index contributed by atoms with van der Waals surface area (Å²) in [6.07, 6.45) is 0. The molecule has 0 atom stereocenters. The second-order valence-electron chi connectivity index (χ2n) is 11.1. The fraction of sp³-hybridized carbons (Fsp3) is 0. The number of oxazole rings is 1. The Labute approximate surface area is 264 Å². The molecule has 0 amide bonds. The molecule has 0 aliphatic heterocycles. The number of fused-ring (bicyclic) bond motifs is 4. The average Bonchev–Trinajstić information content (AvgIpc) is 3.72. The lowest BCUT2D eigenvalue weighted by Gasteiger charge is -2.11. The molecular formula is C40H25N5O. The summed E-state index contributed by atoms with van der Waals surface area (Å²) >= 11 is 0. The van der Waals surface area contributed by atoms with Crippen LogP contribution in [0.4, 0.5) is 0 Å². The number of para-hydroxylation sites is 3. The van der Waals surface area contributed by atoms with E-state index in [9.17, 15) is 0 Å². The zero-order valence-corrected chi connectivity index (χ0v) is 24.6. The van der Waals surface area contributed by atoms with Gasteiger partial charge in [-0.3, -0.25) is 4.57 Å². The van der Waals surface area contributed by atoms with Gasteiger partial charge in [-0.2, -0.15) is 9.97 Å². The third kappa shape index (κ3) is 4.35. The van der Waals surface area contributed by atoms with Crippen LogP contribution in [0.2, 0.25) is 0 Å². The van der Waals surface area contributed by atoms with Crippen LogP contribution in [0.15, 0.2) is 156 Å². The minimum atomic E-state index is 0.508. The highest BCUT2D eigenvalue weighted by Crippen LogP contribution is 2.35. The van der Waals surface area contributed by atoms with Crippen molar-refractivity contribution in [3.05, 3.63) is 152 Å². The summed E-state index contributed by atoms with van der Waals surface area (Å²) in [5, 5.41) is 2.27. The number of nitrogens with zero attached hydrogens (tertiary/aromatic N) is 5. The highest BCUT2D eigenvalue weighted by atomic mass is 16.3. The lowest BCUT2D eigenvalue weighted by molar-refractivity contribution is 0.620. The molecule has 0 aliphatic rings. The second kappa shape index (κ2) is 10.6. The quantitative estimate of drug-likeness (QED) is 0.199. The molecule has 46 heavy (non-hydrogen) atoms. The maximum Gasteiger partial charge on any atom is 0.238 e. The van der Waals surface area contributed by atoms with Crippen molar-refractivity contribution < 1.29 is 4.42 Å². The van der Waals surface area contributed by atoms with E-state index in [0.29, 0.717) is 29.1 Å². The highest BCUT2D eigenvalue weighted by molar-refractivity contribution is 6.09. The van der Waals surface area contributed by atoms with Gasteiger partial charge in [-0.05, 0) is 53.6 Å². The van der Waals surface area contributed by atoms with Crippen molar-refractivity contribution in [3.8, 4) is 51.3 Å². The zero-order valence-electron chi connectivity index (χ0n) is 24.6. The van der Waals surface area contributed by atoms with Crippen LogP contribution in [0.25, 0.3) is 84.2 Å². The van der Waals surface area contributed by atoms with E-state index in [4.69, 9.17) is 24.4 Å². The van der Waals surface area contributed by atoms with E-state index in [1.807, 2.05) is 91.0 Å². The summed E-state index contributed by atoms with van der Waals surface area (Å²) < 4.78 is 8.54. The largest absolute Gasteiger partial charge is 0.435 e. The molecule has 6 aromatic carbocycles. The molecule has 0 saturated heterocycles. The number of hydrogen-bond acceptors (Lipinski definition) is 5. The van der Waals surface area contributed by atoms with Gasteiger partial charge in [0, 0.05) is 21.9 Å². The standard InChI is InChI=1S/C40H25N5O/c1-3-13-26(14-4-1)28-17-11-18-29(25-28)37-42-38(32-21-12-22-33-36(32)46-39(41-33)27-15-5-2-6-16-27)44-40(43-37)45-34-23-9-7-19-30(34)31-20-8-10-24-35(31)45/h1-25H.